The Bertz CT molecular complexity index is 414. The standard InChI is InChI=1S/C15H22N2O3/c18-15(19)16-8-7-13-3-5-14(6-4-13)20-12-11-17-9-1-2-10-17/h3-6,16H,1-2,7-12H2,(H,18,19). The summed E-state index contributed by atoms with van der Waals surface area (Å²) in [5.74, 6) is 0.874. The Balaban J connectivity index is 1.66. The van der Waals surface area contributed by atoms with Crippen molar-refractivity contribution >= 4 is 6.09 Å². The van der Waals surface area contributed by atoms with Gasteiger partial charge in [0.2, 0.25) is 0 Å². The number of carbonyl (C=O) groups is 1. The van der Waals surface area contributed by atoms with Gasteiger partial charge in [-0.25, -0.2) is 4.79 Å². The molecule has 1 aliphatic rings. The van der Waals surface area contributed by atoms with E-state index in [0.717, 1.165) is 24.5 Å². The second kappa shape index (κ2) is 7.75. The average molecular weight is 278 g/mol. The highest BCUT2D eigenvalue weighted by Gasteiger charge is 2.10. The van der Waals surface area contributed by atoms with Gasteiger partial charge in [-0.2, -0.15) is 0 Å². The fourth-order valence-corrected chi connectivity index (χ4v) is 2.36. The zero-order chi connectivity index (χ0) is 14.2. The van der Waals surface area contributed by atoms with Crippen LogP contribution in [0.2, 0.25) is 0 Å². The maximum atomic E-state index is 10.3. The first-order chi connectivity index (χ1) is 9.74. The van der Waals surface area contributed by atoms with E-state index in [0.29, 0.717) is 13.0 Å². The van der Waals surface area contributed by atoms with Gasteiger partial charge in [0, 0.05) is 13.1 Å². The number of nitrogens with zero attached hydrogens (tertiary/aromatic N) is 1. The second-order valence-corrected chi connectivity index (χ2v) is 5.02. The molecule has 2 N–H and O–H groups in total. The summed E-state index contributed by atoms with van der Waals surface area (Å²) in [6.07, 6.45) is 2.32. The topological polar surface area (TPSA) is 61.8 Å². The van der Waals surface area contributed by atoms with Crippen LogP contribution in [-0.2, 0) is 6.42 Å². The first-order valence-corrected chi connectivity index (χ1v) is 7.15. The quantitative estimate of drug-likeness (QED) is 0.800. The largest absolute Gasteiger partial charge is 0.492 e. The Labute approximate surface area is 119 Å². The van der Waals surface area contributed by atoms with Crippen molar-refractivity contribution in [3.8, 4) is 5.75 Å². The van der Waals surface area contributed by atoms with E-state index in [2.05, 4.69) is 10.2 Å². The van der Waals surface area contributed by atoms with E-state index in [9.17, 15) is 4.79 Å². The molecular weight excluding hydrogens is 256 g/mol. The predicted octanol–water partition coefficient (Wildman–Crippen LogP) is 1.97. The zero-order valence-corrected chi connectivity index (χ0v) is 11.7. The van der Waals surface area contributed by atoms with Gasteiger partial charge in [-0.1, -0.05) is 12.1 Å². The van der Waals surface area contributed by atoms with Crippen molar-refractivity contribution < 1.29 is 14.6 Å². The molecule has 1 aromatic rings. The lowest BCUT2D eigenvalue weighted by Gasteiger charge is -2.15. The zero-order valence-electron chi connectivity index (χ0n) is 11.7. The van der Waals surface area contributed by atoms with Crippen LogP contribution in [0.5, 0.6) is 5.75 Å². The fraction of sp³-hybridized carbons (Fsp3) is 0.533. The second-order valence-electron chi connectivity index (χ2n) is 5.02. The number of nitrogens with one attached hydrogen (secondary N) is 1. The third-order valence-electron chi connectivity index (χ3n) is 3.49. The molecule has 1 heterocycles. The minimum absolute atomic E-state index is 0.435. The van der Waals surface area contributed by atoms with Gasteiger partial charge in [0.15, 0.2) is 0 Å². The van der Waals surface area contributed by atoms with Crippen molar-refractivity contribution in [1.29, 1.82) is 0 Å². The van der Waals surface area contributed by atoms with Crippen LogP contribution in [0.25, 0.3) is 0 Å². The van der Waals surface area contributed by atoms with Gasteiger partial charge in [-0.3, -0.25) is 4.90 Å². The molecule has 1 aliphatic heterocycles. The number of rotatable bonds is 7. The number of hydrogen-bond donors (Lipinski definition) is 2. The van der Waals surface area contributed by atoms with Crippen LogP contribution in [0.3, 0.4) is 0 Å². The number of hydrogen-bond acceptors (Lipinski definition) is 3. The van der Waals surface area contributed by atoms with E-state index in [-0.39, 0.29) is 0 Å². The van der Waals surface area contributed by atoms with Gasteiger partial charge < -0.3 is 15.2 Å². The van der Waals surface area contributed by atoms with Gasteiger partial charge in [0.25, 0.3) is 0 Å². The maximum Gasteiger partial charge on any atom is 0.404 e. The van der Waals surface area contributed by atoms with Crippen molar-refractivity contribution in [2.24, 2.45) is 0 Å². The Morgan fingerprint density at radius 1 is 1.25 bits per heavy atom. The van der Waals surface area contributed by atoms with Crippen molar-refractivity contribution in [1.82, 2.24) is 10.2 Å². The van der Waals surface area contributed by atoms with Crippen molar-refractivity contribution in [2.45, 2.75) is 19.3 Å². The monoisotopic (exact) mass is 278 g/mol. The molecular formula is C15H22N2O3. The molecule has 0 radical (unpaired) electrons. The molecule has 0 atom stereocenters. The number of amides is 1. The molecule has 110 valence electrons. The maximum absolute atomic E-state index is 10.3. The molecule has 0 bridgehead atoms. The van der Waals surface area contributed by atoms with Crippen LogP contribution in [0, 0.1) is 0 Å². The molecule has 0 saturated carbocycles. The lowest BCUT2D eigenvalue weighted by atomic mass is 10.1. The highest BCUT2D eigenvalue weighted by atomic mass is 16.5. The van der Waals surface area contributed by atoms with Crippen LogP contribution in [-0.4, -0.2) is 48.9 Å². The smallest absolute Gasteiger partial charge is 0.404 e. The van der Waals surface area contributed by atoms with Crippen LogP contribution in [0.1, 0.15) is 18.4 Å². The van der Waals surface area contributed by atoms with Gasteiger partial charge in [0.1, 0.15) is 12.4 Å². The Morgan fingerprint density at radius 3 is 2.60 bits per heavy atom. The van der Waals surface area contributed by atoms with Gasteiger partial charge in [0.05, 0.1) is 0 Å². The van der Waals surface area contributed by atoms with Crippen molar-refractivity contribution in [3.05, 3.63) is 29.8 Å². The number of ether oxygens (including phenoxy) is 1. The third kappa shape index (κ3) is 5.09. The molecule has 2 rings (SSSR count). The number of benzene rings is 1. The van der Waals surface area contributed by atoms with Crippen LogP contribution >= 0.6 is 0 Å². The minimum Gasteiger partial charge on any atom is -0.492 e. The van der Waals surface area contributed by atoms with Crippen molar-refractivity contribution in [3.63, 3.8) is 0 Å². The summed E-state index contributed by atoms with van der Waals surface area (Å²) in [6, 6.07) is 7.85. The van der Waals surface area contributed by atoms with Gasteiger partial charge >= 0.3 is 6.09 Å². The average Bonchev–Trinajstić information content (AvgIpc) is 2.93. The fourth-order valence-electron chi connectivity index (χ4n) is 2.36. The van der Waals surface area contributed by atoms with Crippen molar-refractivity contribution in [2.75, 3.05) is 32.8 Å². The molecule has 0 aromatic heterocycles. The van der Waals surface area contributed by atoms with Gasteiger partial charge in [-0.15, -0.1) is 0 Å². The molecule has 5 heteroatoms. The Morgan fingerprint density at radius 2 is 1.95 bits per heavy atom. The molecule has 5 nitrogen and oxygen atoms in total. The molecule has 1 aromatic carbocycles. The predicted molar refractivity (Wildman–Crippen MR) is 77.3 cm³/mol. The normalized spacial score (nSPS) is 15.2. The van der Waals surface area contributed by atoms with Gasteiger partial charge in [-0.05, 0) is 50.0 Å². The van der Waals surface area contributed by atoms with Crippen LogP contribution < -0.4 is 10.1 Å². The summed E-state index contributed by atoms with van der Waals surface area (Å²) >= 11 is 0. The summed E-state index contributed by atoms with van der Waals surface area (Å²) in [4.78, 5) is 12.8. The molecule has 0 aliphatic carbocycles. The number of likely N-dealkylation sites (tertiary alicyclic amines) is 1. The molecule has 20 heavy (non-hydrogen) atoms. The van der Waals surface area contributed by atoms with Crippen LogP contribution in [0.4, 0.5) is 4.79 Å². The van der Waals surface area contributed by atoms with E-state index < -0.39 is 6.09 Å². The summed E-state index contributed by atoms with van der Waals surface area (Å²) in [6.45, 7) is 4.53. The highest BCUT2D eigenvalue weighted by molar-refractivity contribution is 5.64. The lowest BCUT2D eigenvalue weighted by Crippen LogP contribution is -2.25. The Hall–Kier alpha value is -1.75. The van der Waals surface area contributed by atoms with E-state index in [1.807, 2.05) is 24.3 Å². The lowest BCUT2D eigenvalue weighted by molar-refractivity contribution is 0.194. The molecule has 0 spiro atoms. The summed E-state index contributed by atoms with van der Waals surface area (Å²) in [5, 5.41) is 10.8. The first kappa shape index (κ1) is 14.7. The van der Waals surface area contributed by atoms with Crippen LogP contribution in [0.15, 0.2) is 24.3 Å². The van der Waals surface area contributed by atoms with E-state index in [1.54, 1.807) is 0 Å². The number of carboxylic acid groups (broad SMARTS) is 1. The summed E-state index contributed by atoms with van der Waals surface area (Å²) in [7, 11) is 0. The minimum atomic E-state index is -0.980. The highest BCUT2D eigenvalue weighted by Crippen LogP contribution is 2.13. The first-order valence-electron chi connectivity index (χ1n) is 7.15. The summed E-state index contributed by atoms with van der Waals surface area (Å²) < 4.78 is 5.71. The summed E-state index contributed by atoms with van der Waals surface area (Å²) in [5.41, 5.74) is 1.10. The molecule has 1 fully saturated rings. The molecule has 0 unspecified atom stereocenters. The molecule has 1 saturated heterocycles. The van der Waals surface area contributed by atoms with E-state index >= 15 is 0 Å². The van der Waals surface area contributed by atoms with E-state index in [1.165, 1.54) is 25.9 Å². The third-order valence-corrected chi connectivity index (χ3v) is 3.49. The SMILES string of the molecule is O=C(O)NCCc1ccc(OCCN2CCCC2)cc1. The Kier molecular flexibility index (Phi) is 5.68. The molecule has 1 amide bonds. The van der Waals surface area contributed by atoms with E-state index in [4.69, 9.17) is 9.84 Å².